The highest BCUT2D eigenvalue weighted by atomic mass is 16.4. The van der Waals surface area contributed by atoms with Crippen LogP contribution in [0.25, 0.3) is 5.57 Å². The van der Waals surface area contributed by atoms with Crippen molar-refractivity contribution in [1.29, 1.82) is 0 Å². The quantitative estimate of drug-likeness (QED) is 0.408. The minimum atomic E-state index is -0.849. The highest BCUT2D eigenvalue weighted by Crippen LogP contribution is 2.76. The molecule has 0 aromatic heterocycles. The standard InChI is InChI=1S/C36H50O2/c1-22(2)26-13-12-24-16-20-35(6)28(31(24)26)14-15-30-34(5)19-17-27(23-8-10-25(11-9-23)32(37)38)33(3,4)29(34)18-21-36(30,35)7/h8-11,17,24,26,28-31H,1,12-16,18-21H2,2-7H3,(H,37,38). The van der Waals surface area contributed by atoms with Gasteiger partial charge in [0.15, 0.2) is 0 Å². The summed E-state index contributed by atoms with van der Waals surface area (Å²) in [5.74, 6) is 4.00. The Hall–Kier alpha value is -1.83. The summed E-state index contributed by atoms with van der Waals surface area (Å²) in [5.41, 5.74) is 5.68. The van der Waals surface area contributed by atoms with E-state index in [9.17, 15) is 9.90 Å². The fourth-order valence-corrected chi connectivity index (χ4v) is 12.1. The fraction of sp³-hybridized carbons (Fsp3) is 0.694. The zero-order valence-electron chi connectivity index (χ0n) is 24.8. The lowest BCUT2D eigenvalue weighted by Gasteiger charge is -2.71. The van der Waals surface area contributed by atoms with Gasteiger partial charge in [0.25, 0.3) is 0 Å². The number of hydrogen-bond acceptors (Lipinski definition) is 1. The zero-order valence-corrected chi connectivity index (χ0v) is 24.8. The van der Waals surface area contributed by atoms with E-state index >= 15 is 0 Å². The molecule has 206 valence electrons. The van der Waals surface area contributed by atoms with Crippen molar-refractivity contribution in [2.24, 2.45) is 57.2 Å². The van der Waals surface area contributed by atoms with E-state index in [-0.39, 0.29) is 5.41 Å². The smallest absolute Gasteiger partial charge is 0.335 e. The van der Waals surface area contributed by atoms with Gasteiger partial charge in [0, 0.05) is 0 Å². The number of fused-ring (bicyclic) bond motifs is 7. The van der Waals surface area contributed by atoms with Crippen LogP contribution in [0.3, 0.4) is 0 Å². The number of allylic oxidation sites excluding steroid dienone is 3. The minimum Gasteiger partial charge on any atom is -0.478 e. The van der Waals surface area contributed by atoms with Gasteiger partial charge < -0.3 is 5.11 Å². The van der Waals surface area contributed by atoms with E-state index in [0.717, 1.165) is 36.0 Å². The van der Waals surface area contributed by atoms with E-state index in [1.165, 1.54) is 68.1 Å². The first kappa shape index (κ1) is 26.4. The summed E-state index contributed by atoms with van der Waals surface area (Å²) in [5, 5.41) is 9.39. The highest BCUT2D eigenvalue weighted by Gasteiger charge is 2.68. The van der Waals surface area contributed by atoms with Crippen molar-refractivity contribution in [3.05, 3.63) is 53.6 Å². The Labute approximate surface area is 231 Å². The molecule has 0 aliphatic heterocycles. The summed E-state index contributed by atoms with van der Waals surface area (Å²) in [6.07, 6.45) is 14.9. The number of hydrogen-bond donors (Lipinski definition) is 1. The monoisotopic (exact) mass is 514 g/mol. The number of carbonyl (C=O) groups is 1. The Balaban J connectivity index is 1.35. The molecule has 0 bridgehead atoms. The molecule has 0 amide bonds. The van der Waals surface area contributed by atoms with Crippen molar-refractivity contribution in [3.8, 4) is 0 Å². The normalized spacial score (nSPS) is 45.2. The summed E-state index contributed by atoms with van der Waals surface area (Å²) in [6, 6.07) is 7.63. The van der Waals surface area contributed by atoms with Gasteiger partial charge in [-0.3, -0.25) is 0 Å². The van der Waals surface area contributed by atoms with Gasteiger partial charge in [0.1, 0.15) is 0 Å². The molecule has 1 aromatic carbocycles. The van der Waals surface area contributed by atoms with Crippen molar-refractivity contribution in [2.75, 3.05) is 0 Å². The summed E-state index contributed by atoms with van der Waals surface area (Å²) in [6.45, 7) is 19.9. The van der Waals surface area contributed by atoms with E-state index in [4.69, 9.17) is 0 Å². The Morgan fingerprint density at radius 1 is 0.868 bits per heavy atom. The Morgan fingerprint density at radius 3 is 2.21 bits per heavy atom. The summed E-state index contributed by atoms with van der Waals surface area (Å²) >= 11 is 0. The van der Waals surface area contributed by atoms with Gasteiger partial charge in [-0.1, -0.05) is 65.0 Å². The molecule has 0 radical (unpaired) electrons. The molecule has 0 saturated heterocycles. The summed E-state index contributed by atoms with van der Waals surface area (Å²) in [7, 11) is 0. The Bertz CT molecular complexity index is 1170. The third-order valence-corrected chi connectivity index (χ3v) is 13.9. The number of carboxylic acids is 1. The molecular formula is C36H50O2. The van der Waals surface area contributed by atoms with Crippen LogP contribution in [0.2, 0.25) is 0 Å². The van der Waals surface area contributed by atoms with Gasteiger partial charge in [-0.25, -0.2) is 4.79 Å². The van der Waals surface area contributed by atoms with Crippen LogP contribution in [0.4, 0.5) is 0 Å². The van der Waals surface area contributed by atoms with Gasteiger partial charge >= 0.3 is 5.97 Å². The third kappa shape index (κ3) is 3.40. The number of aromatic carboxylic acids is 1. The van der Waals surface area contributed by atoms with Crippen LogP contribution in [-0.4, -0.2) is 11.1 Å². The largest absolute Gasteiger partial charge is 0.478 e. The average molecular weight is 515 g/mol. The van der Waals surface area contributed by atoms with Crippen LogP contribution in [0.5, 0.6) is 0 Å². The van der Waals surface area contributed by atoms with E-state index in [2.05, 4.69) is 54.2 Å². The van der Waals surface area contributed by atoms with Crippen LogP contribution in [0, 0.1) is 57.2 Å². The van der Waals surface area contributed by atoms with Crippen molar-refractivity contribution in [2.45, 2.75) is 99.3 Å². The Morgan fingerprint density at radius 2 is 1.55 bits per heavy atom. The molecule has 5 aliphatic carbocycles. The van der Waals surface area contributed by atoms with Gasteiger partial charge in [-0.05, 0) is 145 Å². The van der Waals surface area contributed by atoms with Crippen LogP contribution in [0.15, 0.2) is 42.5 Å². The molecule has 1 N–H and O–H groups in total. The lowest BCUT2D eigenvalue weighted by atomic mass is 9.33. The second-order valence-corrected chi connectivity index (χ2v) is 15.5. The van der Waals surface area contributed by atoms with Crippen molar-refractivity contribution in [1.82, 2.24) is 0 Å². The number of carboxylic acid groups (broad SMARTS) is 1. The first-order valence-electron chi connectivity index (χ1n) is 15.5. The average Bonchev–Trinajstić information content (AvgIpc) is 3.29. The second-order valence-electron chi connectivity index (χ2n) is 15.5. The summed E-state index contributed by atoms with van der Waals surface area (Å²) in [4.78, 5) is 11.4. The van der Waals surface area contributed by atoms with Gasteiger partial charge in [-0.15, -0.1) is 0 Å². The molecule has 6 rings (SSSR count). The van der Waals surface area contributed by atoms with Gasteiger partial charge in [-0.2, -0.15) is 0 Å². The predicted octanol–water partition coefficient (Wildman–Crippen LogP) is 9.67. The first-order valence-corrected chi connectivity index (χ1v) is 15.5. The first-order chi connectivity index (χ1) is 17.8. The molecule has 38 heavy (non-hydrogen) atoms. The SMILES string of the molecule is C=C(C)C1CCC2CCC3(C)C(CCC4C5(C)CC=C(c6ccc(C(=O)O)cc6)C(C)(C)C5CCC43C)C21. The minimum absolute atomic E-state index is 0.0744. The predicted molar refractivity (Wildman–Crippen MR) is 157 cm³/mol. The second kappa shape index (κ2) is 8.58. The molecule has 9 unspecified atom stereocenters. The molecule has 4 saturated carbocycles. The molecule has 5 aliphatic rings. The van der Waals surface area contributed by atoms with E-state index in [1.54, 1.807) is 12.1 Å². The molecule has 2 heteroatoms. The maximum absolute atomic E-state index is 11.4. The van der Waals surface area contributed by atoms with Gasteiger partial charge in [0.05, 0.1) is 5.56 Å². The molecule has 4 fully saturated rings. The van der Waals surface area contributed by atoms with Gasteiger partial charge in [0.2, 0.25) is 0 Å². The third-order valence-electron chi connectivity index (χ3n) is 13.9. The van der Waals surface area contributed by atoms with E-state index in [0.29, 0.717) is 27.7 Å². The molecule has 9 atom stereocenters. The molecule has 0 heterocycles. The van der Waals surface area contributed by atoms with Crippen LogP contribution in [0.1, 0.15) is 115 Å². The molecule has 2 nitrogen and oxygen atoms in total. The van der Waals surface area contributed by atoms with Crippen LogP contribution < -0.4 is 0 Å². The molecule has 0 spiro atoms. The van der Waals surface area contributed by atoms with Crippen molar-refractivity contribution < 1.29 is 9.90 Å². The van der Waals surface area contributed by atoms with Crippen molar-refractivity contribution >= 4 is 11.5 Å². The highest BCUT2D eigenvalue weighted by molar-refractivity contribution is 5.88. The topological polar surface area (TPSA) is 37.3 Å². The lowest BCUT2D eigenvalue weighted by Crippen LogP contribution is -2.64. The molecule has 1 aromatic rings. The van der Waals surface area contributed by atoms with E-state index in [1.807, 2.05) is 12.1 Å². The Kier molecular flexibility index (Phi) is 5.96. The maximum atomic E-state index is 11.4. The van der Waals surface area contributed by atoms with Crippen molar-refractivity contribution in [3.63, 3.8) is 0 Å². The van der Waals surface area contributed by atoms with E-state index < -0.39 is 5.97 Å². The van der Waals surface area contributed by atoms with Crippen LogP contribution in [-0.2, 0) is 0 Å². The maximum Gasteiger partial charge on any atom is 0.335 e. The summed E-state index contributed by atoms with van der Waals surface area (Å²) < 4.78 is 0. The zero-order chi connectivity index (χ0) is 27.3. The number of rotatable bonds is 3. The molecular weight excluding hydrogens is 464 g/mol. The van der Waals surface area contributed by atoms with Crippen LogP contribution >= 0.6 is 0 Å². The number of benzene rings is 1. The lowest BCUT2D eigenvalue weighted by molar-refractivity contribution is -0.215. The fourth-order valence-electron chi connectivity index (χ4n) is 12.1.